The van der Waals surface area contributed by atoms with Crippen molar-refractivity contribution in [3.8, 4) is 0 Å². The van der Waals surface area contributed by atoms with Crippen molar-refractivity contribution >= 4 is 5.97 Å². The summed E-state index contributed by atoms with van der Waals surface area (Å²) in [5, 5.41) is 8.73. The molecule has 0 aliphatic carbocycles. The van der Waals surface area contributed by atoms with E-state index in [4.69, 9.17) is 9.52 Å². The number of carboxylic acid groups (broad SMARTS) is 1. The van der Waals surface area contributed by atoms with E-state index in [1.165, 1.54) is 19.2 Å². The Morgan fingerprint density at radius 2 is 2.29 bits per heavy atom. The van der Waals surface area contributed by atoms with E-state index in [9.17, 15) is 4.79 Å². The lowest BCUT2D eigenvalue weighted by Gasteiger charge is -1.97. The lowest BCUT2D eigenvalue weighted by molar-refractivity contribution is 0.0688. The first kappa shape index (κ1) is 10.8. The first-order valence-corrected chi connectivity index (χ1v) is 4.91. The highest BCUT2D eigenvalue weighted by Gasteiger charge is 2.14. The van der Waals surface area contributed by atoms with Gasteiger partial charge in [-0.25, -0.2) is 9.78 Å². The number of aryl methyl sites for hydroxylation is 1. The van der Waals surface area contributed by atoms with Gasteiger partial charge in [-0.3, -0.25) is 0 Å². The van der Waals surface area contributed by atoms with Crippen LogP contribution in [0.4, 0.5) is 0 Å². The number of oxazole rings is 1. The van der Waals surface area contributed by atoms with Gasteiger partial charge < -0.3 is 9.52 Å². The monoisotopic (exact) mass is 197 g/mol. The third kappa shape index (κ3) is 2.87. The molecule has 0 bridgehead atoms. The molecular weight excluding hydrogens is 182 g/mol. The number of aromatic nitrogens is 1. The van der Waals surface area contributed by atoms with E-state index in [1.54, 1.807) is 0 Å². The van der Waals surface area contributed by atoms with E-state index in [2.05, 4.69) is 11.9 Å². The second kappa shape index (κ2) is 5.42. The molecule has 1 N–H and O–H groups in total. The predicted octanol–water partition coefficient (Wildman–Crippen LogP) is 2.50. The SMILES string of the molecule is CCCCCCc1ocnc1C(=O)O. The van der Waals surface area contributed by atoms with Gasteiger partial charge in [-0.05, 0) is 6.42 Å². The van der Waals surface area contributed by atoms with Crippen LogP contribution in [0.25, 0.3) is 0 Å². The van der Waals surface area contributed by atoms with Gasteiger partial charge in [0.2, 0.25) is 0 Å². The third-order valence-corrected chi connectivity index (χ3v) is 2.10. The van der Waals surface area contributed by atoms with Crippen LogP contribution in [0.15, 0.2) is 10.8 Å². The molecule has 4 nitrogen and oxygen atoms in total. The molecule has 14 heavy (non-hydrogen) atoms. The molecule has 0 unspecified atom stereocenters. The molecule has 1 aromatic heterocycles. The number of aromatic carboxylic acids is 1. The quantitative estimate of drug-likeness (QED) is 0.711. The van der Waals surface area contributed by atoms with Crippen LogP contribution in [0.1, 0.15) is 48.9 Å². The van der Waals surface area contributed by atoms with Crippen molar-refractivity contribution in [2.75, 3.05) is 0 Å². The molecule has 0 aliphatic rings. The fourth-order valence-corrected chi connectivity index (χ4v) is 1.33. The molecule has 0 aromatic carbocycles. The highest BCUT2D eigenvalue weighted by Crippen LogP contribution is 2.11. The third-order valence-electron chi connectivity index (χ3n) is 2.10. The minimum absolute atomic E-state index is 0.0569. The van der Waals surface area contributed by atoms with Crippen molar-refractivity contribution in [2.24, 2.45) is 0 Å². The van der Waals surface area contributed by atoms with Crippen LogP contribution >= 0.6 is 0 Å². The van der Waals surface area contributed by atoms with Gasteiger partial charge in [-0.1, -0.05) is 26.2 Å². The van der Waals surface area contributed by atoms with Crippen molar-refractivity contribution in [1.82, 2.24) is 4.98 Å². The Balaban J connectivity index is 2.42. The smallest absolute Gasteiger partial charge is 0.358 e. The number of nitrogens with zero attached hydrogens (tertiary/aromatic N) is 1. The van der Waals surface area contributed by atoms with Crippen LogP contribution < -0.4 is 0 Å². The van der Waals surface area contributed by atoms with Crippen LogP contribution in [-0.4, -0.2) is 16.1 Å². The summed E-state index contributed by atoms with van der Waals surface area (Å²) >= 11 is 0. The van der Waals surface area contributed by atoms with Crippen molar-refractivity contribution in [1.29, 1.82) is 0 Å². The topological polar surface area (TPSA) is 63.3 Å². The Morgan fingerprint density at radius 3 is 2.93 bits per heavy atom. The number of carboxylic acids is 1. The summed E-state index contributed by atoms with van der Waals surface area (Å²) in [4.78, 5) is 14.3. The Morgan fingerprint density at radius 1 is 1.50 bits per heavy atom. The molecule has 1 aromatic rings. The van der Waals surface area contributed by atoms with Crippen LogP contribution in [0.3, 0.4) is 0 Å². The lowest BCUT2D eigenvalue weighted by Crippen LogP contribution is -2.01. The number of hydrogen-bond donors (Lipinski definition) is 1. The molecule has 0 saturated heterocycles. The molecule has 4 heteroatoms. The Labute approximate surface area is 83.0 Å². The average Bonchev–Trinajstić information content (AvgIpc) is 2.60. The summed E-state index contributed by atoms with van der Waals surface area (Å²) in [5.74, 6) is -0.516. The van der Waals surface area contributed by atoms with Gasteiger partial charge in [0.15, 0.2) is 12.1 Å². The average molecular weight is 197 g/mol. The maximum atomic E-state index is 10.6. The van der Waals surface area contributed by atoms with Crippen molar-refractivity contribution in [3.05, 3.63) is 17.8 Å². The van der Waals surface area contributed by atoms with Gasteiger partial charge in [0.1, 0.15) is 5.76 Å². The minimum atomic E-state index is -1.01. The van der Waals surface area contributed by atoms with E-state index >= 15 is 0 Å². The van der Waals surface area contributed by atoms with Gasteiger partial charge in [-0.15, -0.1) is 0 Å². The van der Waals surface area contributed by atoms with Crippen molar-refractivity contribution < 1.29 is 14.3 Å². The molecule has 0 radical (unpaired) electrons. The molecule has 0 saturated carbocycles. The van der Waals surface area contributed by atoms with Crippen molar-refractivity contribution in [3.63, 3.8) is 0 Å². The van der Waals surface area contributed by atoms with E-state index in [0.29, 0.717) is 12.2 Å². The number of rotatable bonds is 6. The second-order valence-corrected chi connectivity index (χ2v) is 3.24. The Bertz CT molecular complexity index is 293. The summed E-state index contributed by atoms with van der Waals surface area (Å²) in [6.45, 7) is 2.14. The highest BCUT2D eigenvalue weighted by atomic mass is 16.4. The fraction of sp³-hybridized carbons (Fsp3) is 0.600. The normalized spacial score (nSPS) is 10.4. The number of hydrogen-bond acceptors (Lipinski definition) is 3. The zero-order valence-corrected chi connectivity index (χ0v) is 8.32. The van der Waals surface area contributed by atoms with Gasteiger partial charge in [-0.2, -0.15) is 0 Å². The first-order valence-electron chi connectivity index (χ1n) is 4.91. The summed E-state index contributed by atoms with van der Waals surface area (Å²) in [7, 11) is 0. The molecule has 0 atom stereocenters. The maximum Gasteiger partial charge on any atom is 0.358 e. The van der Waals surface area contributed by atoms with E-state index < -0.39 is 5.97 Å². The zero-order chi connectivity index (χ0) is 10.4. The minimum Gasteiger partial charge on any atom is -0.476 e. The molecule has 78 valence electrons. The van der Waals surface area contributed by atoms with Gasteiger partial charge in [0.25, 0.3) is 0 Å². The molecule has 0 amide bonds. The van der Waals surface area contributed by atoms with E-state index in [-0.39, 0.29) is 5.69 Å². The van der Waals surface area contributed by atoms with Crippen LogP contribution in [0.5, 0.6) is 0 Å². The zero-order valence-electron chi connectivity index (χ0n) is 8.32. The highest BCUT2D eigenvalue weighted by molar-refractivity contribution is 5.86. The van der Waals surface area contributed by atoms with E-state index in [0.717, 1.165) is 12.8 Å². The number of carbonyl (C=O) groups is 1. The van der Waals surface area contributed by atoms with Crippen molar-refractivity contribution in [2.45, 2.75) is 39.0 Å². The predicted molar refractivity (Wildman–Crippen MR) is 51.3 cm³/mol. The fourth-order valence-electron chi connectivity index (χ4n) is 1.33. The van der Waals surface area contributed by atoms with Crippen LogP contribution in [-0.2, 0) is 6.42 Å². The Hall–Kier alpha value is -1.32. The summed E-state index contributed by atoms with van der Waals surface area (Å²) in [5.41, 5.74) is 0.0569. The van der Waals surface area contributed by atoms with Crippen LogP contribution in [0.2, 0.25) is 0 Å². The molecule has 0 aliphatic heterocycles. The Kier molecular flexibility index (Phi) is 4.16. The van der Waals surface area contributed by atoms with Crippen LogP contribution in [0, 0.1) is 0 Å². The molecule has 0 spiro atoms. The molecular formula is C10H15NO3. The summed E-state index contributed by atoms with van der Waals surface area (Å²) in [6.07, 6.45) is 6.28. The van der Waals surface area contributed by atoms with Gasteiger partial charge in [0, 0.05) is 6.42 Å². The first-order chi connectivity index (χ1) is 6.75. The maximum absolute atomic E-state index is 10.6. The summed E-state index contributed by atoms with van der Waals surface area (Å²) in [6, 6.07) is 0. The molecule has 1 rings (SSSR count). The standard InChI is InChI=1S/C10H15NO3/c1-2-3-4-5-6-8-9(10(12)13)11-7-14-8/h7H,2-6H2,1H3,(H,12,13). The molecule has 1 heterocycles. The summed E-state index contributed by atoms with van der Waals surface area (Å²) < 4.78 is 5.01. The second-order valence-electron chi connectivity index (χ2n) is 3.24. The van der Waals surface area contributed by atoms with E-state index in [1.807, 2.05) is 0 Å². The largest absolute Gasteiger partial charge is 0.476 e. The lowest BCUT2D eigenvalue weighted by atomic mass is 10.1. The van der Waals surface area contributed by atoms with Gasteiger partial charge >= 0.3 is 5.97 Å². The number of unbranched alkanes of at least 4 members (excludes halogenated alkanes) is 3. The van der Waals surface area contributed by atoms with Gasteiger partial charge in [0.05, 0.1) is 0 Å². The molecule has 0 fully saturated rings.